The molecule has 1 aromatic carbocycles. The highest BCUT2D eigenvalue weighted by Crippen LogP contribution is 2.20. The van der Waals surface area contributed by atoms with Gasteiger partial charge in [0.25, 0.3) is 0 Å². The zero-order chi connectivity index (χ0) is 9.97. The number of nitrogens with zero attached hydrogens (tertiary/aromatic N) is 1. The first kappa shape index (κ1) is 9.81. The Balaban J connectivity index is 1.97. The molecule has 14 heavy (non-hydrogen) atoms. The molecule has 1 aliphatic rings. The molecule has 0 spiro atoms. The van der Waals surface area contributed by atoms with Gasteiger partial charge in [-0.3, -0.25) is 0 Å². The van der Waals surface area contributed by atoms with Crippen molar-refractivity contribution < 1.29 is 4.74 Å². The number of hydrogen-bond acceptors (Lipinski definition) is 2. The summed E-state index contributed by atoms with van der Waals surface area (Å²) in [5.74, 6) is 0.873. The lowest BCUT2D eigenvalue weighted by Crippen LogP contribution is -2.21. The molecule has 0 aliphatic carbocycles. The third-order valence-electron chi connectivity index (χ3n) is 2.45. The predicted octanol–water partition coefficient (Wildman–Crippen LogP) is 2.42. The van der Waals surface area contributed by atoms with Gasteiger partial charge in [-0.05, 0) is 31.7 Å². The SMILES string of the molecule is CN1CCC(Oc2cccc(Cl)c2)C1. The van der Waals surface area contributed by atoms with Crippen LogP contribution in [0.15, 0.2) is 24.3 Å². The molecule has 1 fully saturated rings. The van der Waals surface area contributed by atoms with Gasteiger partial charge in [0.15, 0.2) is 0 Å². The molecule has 2 rings (SSSR count). The summed E-state index contributed by atoms with van der Waals surface area (Å²) in [4.78, 5) is 2.27. The van der Waals surface area contributed by atoms with Crippen LogP contribution < -0.4 is 4.74 Å². The van der Waals surface area contributed by atoms with Crippen molar-refractivity contribution in [3.63, 3.8) is 0 Å². The summed E-state index contributed by atoms with van der Waals surface area (Å²) < 4.78 is 5.80. The van der Waals surface area contributed by atoms with Crippen molar-refractivity contribution in [2.75, 3.05) is 20.1 Å². The highest BCUT2D eigenvalue weighted by Gasteiger charge is 2.20. The normalized spacial score (nSPS) is 22.6. The average Bonchev–Trinajstić information content (AvgIpc) is 2.51. The maximum Gasteiger partial charge on any atom is 0.121 e. The average molecular weight is 212 g/mol. The molecule has 3 heteroatoms. The largest absolute Gasteiger partial charge is 0.489 e. The van der Waals surface area contributed by atoms with Crippen LogP contribution in [0.1, 0.15) is 6.42 Å². The van der Waals surface area contributed by atoms with Crippen LogP contribution >= 0.6 is 11.6 Å². The third-order valence-corrected chi connectivity index (χ3v) is 2.68. The van der Waals surface area contributed by atoms with Crippen LogP contribution in [0.3, 0.4) is 0 Å². The van der Waals surface area contributed by atoms with Gasteiger partial charge in [-0.2, -0.15) is 0 Å². The highest BCUT2D eigenvalue weighted by molar-refractivity contribution is 6.30. The lowest BCUT2D eigenvalue weighted by Gasteiger charge is -2.13. The van der Waals surface area contributed by atoms with E-state index < -0.39 is 0 Å². The molecule has 2 nitrogen and oxygen atoms in total. The second-order valence-corrected chi connectivity index (χ2v) is 4.18. The second kappa shape index (κ2) is 4.20. The predicted molar refractivity (Wildman–Crippen MR) is 58.0 cm³/mol. The third kappa shape index (κ3) is 2.40. The number of benzene rings is 1. The molecule has 0 radical (unpaired) electrons. The smallest absolute Gasteiger partial charge is 0.121 e. The fourth-order valence-electron chi connectivity index (χ4n) is 1.72. The topological polar surface area (TPSA) is 12.5 Å². The maximum atomic E-state index is 5.87. The Morgan fingerprint density at radius 1 is 1.50 bits per heavy atom. The van der Waals surface area contributed by atoms with Gasteiger partial charge >= 0.3 is 0 Å². The van der Waals surface area contributed by atoms with Gasteiger partial charge in [0.1, 0.15) is 11.9 Å². The molecule has 0 N–H and O–H groups in total. The van der Waals surface area contributed by atoms with E-state index in [1.165, 1.54) is 0 Å². The number of ether oxygens (including phenoxy) is 1. The number of halogens is 1. The van der Waals surface area contributed by atoms with E-state index in [-0.39, 0.29) is 0 Å². The van der Waals surface area contributed by atoms with E-state index in [9.17, 15) is 0 Å². The van der Waals surface area contributed by atoms with Crippen LogP contribution in [0, 0.1) is 0 Å². The Hall–Kier alpha value is -0.730. The van der Waals surface area contributed by atoms with Gasteiger partial charge in [-0.1, -0.05) is 17.7 Å². The monoisotopic (exact) mass is 211 g/mol. The van der Waals surface area contributed by atoms with Gasteiger partial charge in [-0.15, -0.1) is 0 Å². The fraction of sp³-hybridized carbons (Fsp3) is 0.455. The lowest BCUT2D eigenvalue weighted by atomic mass is 10.3. The summed E-state index contributed by atoms with van der Waals surface area (Å²) in [6, 6.07) is 7.58. The van der Waals surface area contributed by atoms with E-state index in [4.69, 9.17) is 16.3 Å². The van der Waals surface area contributed by atoms with Gasteiger partial charge < -0.3 is 9.64 Å². The molecular weight excluding hydrogens is 198 g/mol. The first-order valence-corrected chi connectivity index (χ1v) is 5.22. The van der Waals surface area contributed by atoms with Crippen LogP contribution in [0.5, 0.6) is 5.75 Å². The summed E-state index contributed by atoms with van der Waals surface area (Å²) in [7, 11) is 2.11. The number of likely N-dealkylation sites (tertiary alicyclic amines) is 1. The Morgan fingerprint density at radius 3 is 3.00 bits per heavy atom. The molecule has 1 aromatic rings. The zero-order valence-corrected chi connectivity index (χ0v) is 9.00. The molecule has 1 atom stereocenters. The molecule has 0 saturated carbocycles. The van der Waals surface area contributed by atoms with Crippen LogP contribution in [0.2, 0.25) is 5.02 Å². The summed E-state index contributed by atoms with van der Waals surface area (Å²) in [6.07, 6.45) is 1.42. The Kier molecular flexibility index (Phi) is 2.94. The molecule has 1 heterocycles. The molecule has 0 aromatic heterocycles. The van der Waals surface area contributed by atoms with E-state index in [1.54, 1.807) is 0 Å². The van der Waals surface area contributed by atoms with Crippen molar-refractivity contribution >= 4 is 11.6 Å². The highest BCUT2D eigenvalue weighted by atomic mass is 35.5. The minimum absolute atomic E-state index is 0.318. The molecule has 1 aliphatic heterocycles. The van der Waals surface area contributed by atoms with E-state index >= 15 is 0 Å². The van der Waals surface area contributed by atoms with Crippen molar-refractivity contribution in [2.45, 2.75) is 12.5 Å². The van der Waals surface area contributed by atoms with E-state index in [2.05, 4.69) is 11.9 Å². The van der Waals surface area contributed by atoms with Gasteiger partial charge in [0.2, 0.25) is 0 Å². The van der Waals surface area contributed by atoms with Gasteiger partial charge in [0, 0.05) is 18.1 Å². The lowest BCUT2D eigenvalue weighted by molar-refractivity contribution is 0.208. The van der Waals surface area contributed by atoms with Crippen molar-refractivity contribution in [1.82, 2.24) is 4.90 Å². The molecular formula is C11H14ClNO. The Bertz CT molecular complexity index is 316. The Morgan fingerprint density at radius 2 is 2.36 bits per heavy atom. The second-order valence-electron chi connectivity index (χ2n) is 3.75. The van der Waals surface area contributed by atoms with Crippen LogP contribution in [0.25, 0.3) is 0 Å². The number of rotatable bonds is 2. The van der Waals surface area contributed by atoms with Gasteiger partial charge in [0.05, 0.1) is 0 Å². The molecule has 0 bridgehead atoms. The number of hydrogen-bond donors (Lipinski definition) is 0. The van der Waals surface area contributed by atoms with Crippen LogP contribution in [-0.2, 0) is 0 Å². The minimum Gasteiger partial charge on any atom is -0.489 e. The van der Waals surface area contributed by atoms with Crippen molar-refractivity contribution in [3.8, 4) is 5.75 Å². The summed E-state index contributed by atoms with van der Waals surface area (Å²) >= 11 is 5.87. The molecule has 1 unspecified atom stereocenters. The van der Waals surface area contributed by atoms with E-state index in [0.29, 0.717) is 6.10 Å². The molecule has 76 valence electrons. The van der Waals surface area contributed by atoms with Crippen LogP contribution in [-0.4, -0.2) is 31.1 Å². The van der Waals surface area contributed by atoms with Gasteiger partial charge in [-0.25, -0.2) is 0 Å². The zero-order valence-electron chi connectivity index (χ0n) is 8.24. The fourth-order valence-corrected chi connectivity index (χ4v) is 1.90. The van der Waals surface area contributed by atoms with Crippen molar-refractivity contribution in [3.05, 3.63) is 29.3 Å². The maximum absolute atomic E-state index is 5.87. The van der Waals surface area contributed by atoms with Crippen LogP contribution in [0.4, 0.5) is 0 Å². The molecule has 0 amide bonds. The summed E-state index contributed by atoms with van der Waals surface area (Å²) in [5, 5.41) is 0.730. The number of likely N-dealkylation sites (N-methyl/N-ethyl adjacent to an activating group) is 1. The Labute approximate surface area is 89.4 Å². The quantitative estimate of drug-likeness (QED) is 0.745. The first-order valence-electron chi connectivity index (χ1n) is 4.85. The minimum atomic E-state index is 0.318. The standard InChI is InChI=1S/C11H14ClNO/c1-13-6-5-11(8-13)14-10-4-2-3-9(12)7-10/h2-4,7,11H,5-6,8H2,1H3. The molecule has 1 saturated heterocycles. The van der Waals surface area contributed by atoms with Crippen molar-refractivity contribution in [1.29, 1.82) is 0 Å². The van der Waals surface area contributed by atoms with E-state index in [1.807, 2.05) is 24.3 Å². The summed E-state index contributed by atoms with van der Waals surface area (Å²) in [5.41, 5.74) is 0. The van der Waals surface area contributed by atoms with Crippen molar-refractivity contribution in [2.24, 2.45) is 0 Å². The summed E-state index contributed by atoms with van der Waals surface area (Å²) in [6.45, 7) is 2.12. The van der Waals surface area contributed by atoms with E-state index in [0.717, 1.165) is 30.3 Å². The first-order chi connectivity index (χ1) is 6.74.